The molecule has 0 bridgehead atoms. The Morgan fingerprint density at radius 3 is 2.33 bits per heavy atom. The van der Waals surface area contributed by atoms with Crippen molar-refractivity contribution in [2.75, 3.05) is 13.6 Å². The molecule has 6 heavy (non-hydrogen) atoms. The average molecular weight is 103 g/mol. The predicted molar refractivity (Wildman–Crippen MR) is 33.3 cm³/mol. The van der Waals surface area contributed by atoms with Crippen LogP contribution in [0.15, 0.2) is 0 Å². The molecule has 0 amide bonds. The second kappa shape index (κ2) is 3.37. The third-order valence-corrected chi connectivity index (χ3v) is 1.02. The van der Waals surface area contributed by atoms with Crippen LogP contribution in [0.25, 0.3) is 0 Å². The van der Waals surface area contributed by atoms with E-state index in [0.29, 0.717) is 0 Å². The lowest BCUT2D eigenvalue weighted by Crippen LogP contribution is -2.11. The van der Waals surface area contributed by atoms with Crippen LogP contribution in [-0.2, 0) is 0 Å². The largest absolute Gasteiger partial charge is 0.320 e. The minimum atomic E-state index is 0.926. The standard InChI is InChI=1S/C4H13NSi/c1-4(6)3-5-2/h4-5H,3H2,1-2,6H3. The Hall–Kier alpha value is 0.177. The summed E-state index contributed by atoms with van der Waals surface area (Å²) < 4.78 is 0. The summed E-state index contributed by atoms with van der Waals surface area (Å²) in [6, 6.07) is 0. The Morgan fingerprint density at radius 2 is 2.33 bits per heavy atom. The van der Waals surface area contributed by atoms with Crippen LogP contribution in [0.5, 0.6) is 0 Å². The summed E-state index contributed by atoms with van der Waals surface area (Å²) in [5.74, 6) is 0. The van der Waals surface area contributed by atoms with Gasteiger partial charge in [0.25, 0.3) is 0 Å². The molecule has 0 heterocycles. The van der Waals surface area contributed by atoms with Crippen LogP contribution in [0.2, 0.25) is 5.54 Å². The topological polar surface area (TPSA) is 12.0 Å². The van der Waals surface area contributed by atoms with E-state index in [0.717, 1.165) is 5.54 Å². The molecule has 1 N–H and O–H groups in total. The molecule has 0 aromatic carbocycles. The minimum Gasteiger partial charge on any atom is -0.320 e. The molecule has 0 aliphatic heterocycles. The van der Waals surface area contributed by atoms with E-state index in [1.54, 1.807) is 0 Å². The number of hydrogen-bond donors (Lipinski definition) is 1. The maximum absolute atomic E-state index is 3.10. The normalized spacial score (nSPS) is 15.0. The lowest BCUT2D eigenvalue weighted by molar-refractivity contribution is 0.770. The third-order valence-electron chi connectivity index (χ3n) is 0.612. The molecule has 1 nitrogen and oxygen atoms in total. The fourth-order valence-corrected chi connectivity index (χ4v) is 0.816. The van der Waals surface area contributed by atoms with E-state index >= 15 is 0 Å². The van der Waals surface area contributed by atoms with Crippen LogP contribution >= 0.6 is 0 Å². The van der Waals surface area contributed by atoms with Gasteiger partial charge in [0.15, 0.2) is 0 Å². The molecular formula is C4H13NSi. The monoisotopic (exact) mass is 103 g/mol. The molecule has 0 fully saturated rings. The van der Waals surface area contributed by atoms with Crippen molar-refractivity contribution >= 4 is 10.2 Å². The van der Waals surface area contributed by atoms with Crippen molar-refractivity contribution in [3.05, 3.63) is 0 Å². The molecule has 0 rings (SSSR count). The van der Waals surface area contributed by atoms with Crippen LogP contribution in [0.3, 0.4) is 0 Å². The predicted octanol–water partition coefficient (Wildman–Crippen LogP) is -0.620. The van der Waals surface area contributed by atoms with Crippen LogP contribution in [0, 0.1) is 0 Å². The summed E-state index contributed by atoms with van der Waals surface area (Å²) in [5, 5.41) is 3.10. The van der Waals surface area contributed by atoms with Crippen molar-refractivity contribution in [1.29, 1.82) is 0 Å². The number of rotatable bonds is 2. The van der Waals surface area contributed by atoms with Crippen LogP contribution in [-0.4, -0.2) is 23.8 Å². The molecule has 0 saturated carbocycles. The van der Waals surface area contributed by atoms with E-state index < -0.39 is 0 Å². The van der Waals surface area contributed by atoms with Gasteiger partial charge in [0.2, 0.25) is 0 Å². The summed E-state index contributed by atoms with van der Waals surface area (Å²) in [6.45, 7) is 3.44. The fourth-order valence-electron chi connectivity index (χ4n) is 0.408. The van der Waals surface area contributed by atoms with Gasteiger partial charge in [0.05, 0.1) is 0 Å². The Labute approximate surface area is 42.6 Å². The minimum absolute atomic E-state index is 0.926. The van der Waals surface area contributed by atoms with Gasteiger partial charge < -0.3 is 5.32 Å². The molecule has 38 valence electrons. The summed E-state index contributed by atoms with van der Waals surface area (Å²) in [4.78, 5) is 0. The smallest absolute Gasteiger partial charge is 0.00799 e. The molecule has 0 saturated heterocycles. The zero-order valence-corrected chi connectivity index (χ0v) is 6.78. The Bertz CT molecular complexity index is 28.7. The molecule has 0 spiro atoms. The quantitative estimate of drug-likeness (QED) is 0.459. The molecule has 0 aliphatic carbocycles. The SMILES string of the molecule is CNCC(C)[SiH3]. The van der Waals surface area contributed by atoms with Crippen molar-refractivity contribution in [1.82, 2.24) is 5.32 Å². The maximum atomic E-state index is 3.10. The summed E-state index contributed by atoms with van der Waals surface area (Å²) in [6.07, 6.45) is 0. The molecule has 0 aromatic rings. The molecule has 1 atom stereocenters. The first kappa shape index (κ1) is 6.18. The maximum Gasteiger partial charge on any atom is 0.00799 e. The Kier molecular flexibility index (Phi) is 3.47. The summed E-state index contributed by atoms with van der Waals surface area (Å²) >= 11 is 0. The van der Waals surface area contributed by atoms with E-state index in [9.17, 15) is 0 Å². The van der Waals surface area contributed by atoms with E-state index in [-0.39, 0.29) is 0 Å². The lowest BCUT2D eigenvalue weighted by atomic mass is 10.5. The van der Waals surface area contributed by atoms with Gasteiger partial charge in [-0.1, -0.05) is 6.92 Å². The van der Waals surface area contributed by atoms with Crippen molar-refractivity contribution in [2.45, 2.75) is 12.5 Å². The van der Waals surface area contributed by atoms with E-state index in [1.807, 2.05) is 7.05 Å². The zero-order valence-electron chi connectivity index (χ0n) is 4.78. The first-order valence-corrected chi connectivity index (χ1v) is 3.57. The third kappa shape index (κ3) is 4.18. The van der Waals surface area contributed by atoms with Crippen LogP contribution < -0.4 is 5.32 Å². The van der Waals surface area contributed by atoms with Crippen molar-refractivity contribution < 1.29 is 0 Å². The highest BCUT2D eigenvalue weighted by atomic mass is 28.1. The van der Waals surface area contributed by atoms with Gasteiger partial charge in [-0.15, -0.1) is 0 Å². The van der Waals surface area contributed by atoms with Crippen molar-refractivity contribution in [2.24, 2.45) is 0 Å². The van der Waals surface area contributed by atoms with E-state index in [1.165, 1.54) is 16.8 Å². The zero-order chi connectivity index (χ0) is 4.99. The van der Waals surface area contributed by atoms with E-state index in [4.69, 9.17) is 0 Å². The van der Waals surface area contributed by atoms with Gasteiger partial charge in [0.1, 0.15) is 0 Å². The summed E-state index contributed by atoms with van der Waals surface area (Å²) in [5.41, 5.74) is 0.926. The highest BCUT2D eigenvalue weighted by Crippen LogP contribution is 1.87. The lowest BCUT2D eigenvalue weighted by Gasteiger charge is -1.98. The first-order valence-electron chi connectivity index (χ1n) is 2.42. The molecule has 0 radical (unpaired) electrons. The van der Waals surface area contributed by atoms with Crippen LogP contribution in [0.1, 0.15) is 6.92 Å². The van der Waals surface area contributed by atoms with Gasteiger partial charge in [-0.2, -0.15) is 0 Å². The van der Waals surface area contributed by atoms with Gasteiger partial charge in [0, 0.05) is 10.2 Å². The first-order chi connectivity index (χ1) is 2.77. The number of nitrogens with one attached hydrogen (secondary N) is 1. The fraction of sp³-hybridized carbons (Fsp3) is 1.00. The number of hydrogen-bond acceptors (Lipinski definition) is 1. The molecule has 0 aliphatic rings. The van der Waals surface area contributed by atoms with Crippen LogP contribution in [0.4, 0.5) is 0 Å². The second-order valence-electron chi connectivity index (χ2n) is 1.95. The van der Waals surface area contributed by atoms with Crippen molar-refractivity contribution in [3.63, 3.8) is 0 Å². The molecular weight excluding hydrogens is 90.1 g/mol. The highest BCUT2D eigenvalue weighted by Gasteiger charge is 1.84. The average Bonchev–Trinajstić information content (AvgIpc) is 1.35. The Balaban J connectivity index is 2.63. The van der Waals surface area contributed by atoms with Crippen molar-refractivity contribution in [3.8, 4) is 0 Å². The van der Waals surface area contributed by atoms with Gasteiger partial charge >= 0.3 is 0 Å². The van der Waals surface area contributed by atoms with Gasteiger partial charge in [-0.05, 0) is 19.1 Å². The van der Waals surface area contributed by atoms with Gasteiger partial charge in [-0.25, -0.2) is 0 Å². The van der Waals surface area contributed by atoms with E-state index in [2.05, 4.69) is 12.2 Å². The Morgan fingerprint density at radius 1 is 1.83 bits per heavy atom. The van der Waals surface area contributed by atoms with Gasteiger partial charge in [-0.3, -0.25) is 0 Å². The second-order valence-corrected chi connectivity index (χ2v) is 3.92. The molecule has 2 heteroatoms. The highest BCUT2D eigenvalue weighted by molar-refractivity contribution is 6.11. The molecule has 1 unspecified atom stereocenters. The molecule has 0 aromatic heterocycles. The summed E-state index contributed by atoms with van der Waals surface area (Å²) in [7, 11) is 3.31.